The lowest BCUT2D eigenvalue weighted by Gasteiger charge is -2.25. The van der Waals surface area contributed by atoms with Crippen molar-refractivity contribution in [1.82, 2.24) is 9.80 Å². The first-order valence-corrected chi connectivity index (χ1v) is 9.72. The summed E-state index contributed by atoms with van der Waals surface area (Å²) >= 11 is 0. The van der Waals surface area contributed by atoms with Gasteiger partial charge < -0.3 is 14.4 Å². The highest BCUT2D eigenvalue weighted by Crippen LogP contribution is 2.33. The summed E-state index contributed by atoms with van der Waals surface area (Å²) < 4.78 is 50.5. The lowest BCUT2D eigenvalue weighted by Crippen LogP contribution is -2.39. The molecule has 6 nitrogen and oxygen atoms in total. The Morgan fingerprint density at radius 3 is 2.23 bits per heavy atom. The van der Waals surface area contributed by atoms with E-state index in [4.69, 9.17) is 14.3 Å². The highest BCUT2D eigenvalue weighted by atomic mass is 19.4. The number of rotatable bonds is 3. The van der Waals surface area contributed by atoms with Crippen LogP contribution in [0.4, 0.5) is 17.6 Å². The van der Waals surface area contributed by atoms with Crippen LogP contribution in [-0.2, 0) is 11.3 Å². The van der Waals surface area contributed by atoms with E-state index in [2.05, 4.69) is 4.90 Å². The van der Waals surface area contributed by atoms with Gasteiger partial charge in [-0.25, -0.2) is 9.18 Å². The summed E-state index contributed by atoms with van der Waals surface area (Å²) in [7, 11) is 0. The van der Waals surface area contributed by atoms with E-state index in [0.717, 1.165) is 44.0 Å². The number of carboxylic acid groups (broad SMARTS) is 1. The number of aryl methyl sites for hydroxylation is 1. The average molecular weight is 442 g/mol. The van der Waals surface area contributed by atoms with Crippen LogP contribution >= 0.6 is 0 Å². The first kappa shape index (κ1) is 22.8. The van der Waals surface area contributed by atoms with Crippen molar-refractivity contribution in [2.75, 3.05) is 13.1 Å². The van der Waals surface area contributed by atoms with Gasteiger partial charge in [-0.05, 0) is 56.2 Å². The number of fused-ring (bicyclic) bond motifs is 1. The Hall–Kier alpha value is -2.88. The van der Waals surface area contributed by atoms with Crippen LogP contribution in [0.5, 0.6) is 0 Å². The van der Waals surface area contributed by atoms with Crippen LogP contribution in [0.3, 0.4) is 0 Å². The van der Waals surface area contributed by atoms with Gasteiger partial charge in [-0.2, -0.15) is 13.2 Å². The molecule has 1 aromatic carbocycles. The van der Waals surface area contributed by atoms with Gasteiger partial charge in [0.1, 0.15) is 17.3 Å². The molecule has 2 aliphatic heterocycles. The Morgan fingerprint density at radius 1 is 1.06 bits per heavy atom. The molecule has 3 heterocycles. The minimum atomic E-state index is -5.08. The summed E-state index contributed by atoms with van der Waals surface area (Å²) in [5.74, 6) is -1.14. The van der Waals surface area contributed by atoms with E-state index in [0.29, 0.717) is 11.6 Å². The highest BCUT2D eigenvalue weighted by molar-refractivity contribution is 5.94. The predicted molar refractivity (Wildman–Crippen MR) is 102 cm³/mol. The number of halogens is 4. The number of aliphatic carboxylic acids is 1. The maximum absolute atomic E-state index is 13.1. The number of hydrogen-bond acceptors (Lipinski definition) is 4. The second kappa shape index (κ2) is 9.09. The maximum Gasteiger partial charge on any atom is 0.490 e. The van der Waals surface area contributed by atoms with Gasteiger partial charge in [0.25, 0.3) is 5.91 Å². The molecule has 0 saturated carbocycles. The van der Waals surface area contributed by atoms with Crippen molar-refractivity contribution in [2.45, 2.75) is 44.6 Å². The molecular formula is C21H22F4N2O4. The van der Waals surface area contributed by atoms with E-state index in [1.807, 2.05) is 24.0 Å². The van der Waals surface area contributed by atoms with Gasteiger partial charge in [0.05, 0.1) is 6.54 Å². The fourth-order valence-corrected chi connectivity index (χ4v) is 4.05. The molecule has 1 N–H and O–H groups in total. The first-order valence-electron chi connectivity index (χ1n) is 9.72. The van der Waals surface area contributed by atoms with Crippen LogP contribution in [0.25, 0.3) is 0 Å². The topological polar surface area (TPSA) is 74.0 Å². The van der Waals surface area contributed by atoms with Crippen molar-refractivity contribution < 1.29 is 36.7 Å². The minimum Gasteiger partial charge on any atom is -0.475 e. The van der Waals surface area contributed by atoms with Crippen LogP contribution in [0, 0.1) is 12.7 Å². The Bertz CT molecular complexity index is 926. The van der Waals surface area contributed by atoms with Crippen molar-refractivity contribution in [3.05, 3.63) is 59.3 Å². The third-order valence-corrected chi connectivity index (χ3v) is 5.44. The summed E-state index contributed by atoms with van der Waals surface area (Å²) in [6.07, 6.45) is -3.12. The monoisotopic (exact) mass is 442 g/mol. The van der Waals surface area contributed by atoms with Crippen molar-refractivity contribution in [2.24, 2.45) is 0 Å². The summed E-state index contributed by atoms with van der Waals surface area (Å²) in [6.45, 7) is 4.49. The van der Waals surface area contributed by atoms with Crippen molar-refractivity contribution in [3.63, 3.8) is 0 Å². The van der Waals surface area contributed by atoms with Gasteiger partial charge in [0.15, 0.2) is 0 Å². The number of carboxylic acids is 1. The molecule has 4 rings (SSSR count). The first-order chi connectivity index (χ1) is 14.6. The van der Waals surface area contributed by atoms with E-state index in [1.165, 1.54) is 12.1 Å². The number of furan rings is 1. The number of hydrogen-bond donors (Lipinski definition) is 1. The zero-order chi connectivity index (χ0) is 22.8. The maximum atomic E-state index is 13.1. The number of carbonyl (C=O) groups excluding carboxylic acids is 1. The standard InChI is InChI=1S/C19H21FN2O2.C2HF3O2/c1-13-2-7-16(24-13)12-21-10-8-18-17(21)9-11-22(18)19(23)14-3-5-15(20)6-4-14;3-2(4,5)1(6)7/h2-7,17-18H,8-12H2,1H3;(H,6,7)/t17-,18+;/m0./s1. The van der Waals surface area contributed by atoms with Crippen molar-refractivity contribution in [3.8, 4) is 0 Å². The third kappa shape index (κ3) is 5.43. The Labute approximate surface area is 176 Å². The minimum absolute atomic E-state index is 0.0122. The van der Waals surface area contributed by atoms with Gasteiger partial charge in [0.2, 0.25) is 0 Å². The van der Waals surface area contributed by atoms with E-state index >= 15 is 0 Å². The molecule has 2 atom stereocenters. The zero-order valence-corrected chi connectivity index (χ0v) is 16.7. The van der Waals surface area contributed by atoms with Gasteiger partial charge in [-0.15, -0.1) is 0 Å². The number of carbonyl (C=O) groups is 2. The van der Waals surface area contributed by atoms with Crippen LogP contribution in [0.15, 0.2) is 40.8 Å². The molecule has 1 amide bonds. The molecule has 10 heteroatoms. The fourth-order valence-electron chi connectivity index (χ4n) is 4.05. The molecule has 31 heavy (non-hydrogen) atoms. The number of likely N-dealkylation sites (tertiary alicyclic amines) is 2. The number of alkyl halides is 3. The van der Waals surface area contributed by atoms with Crippen LogP contribution in [0.1, 0.15) is 34.7 Å². The molecule has 0 spiro atoms. The van der Waals surface area contributed by atoms with Crippen LogP contribution in [0.2, 0.25) is 0 Å². The average Bonchev–Trinajstić information content (AvgIpc) is 3.40. The molecule has 2 aliphatic rings. The molecule has 0 aliphatic carbocycles. The number of nitrogens with zero attached hydrogens (tertiary/aromatic N) is 2. The molecule has 0 radical (unpaired) electrons. The predicted octanol–water partition coefficient (Wildman–Crippen LogP) is 3.85. The molecule has 2 saturated heterocycles. The van der Waals surface area contributed by atoms with E-state index in [1.54, 1.807) is 12.1 Å². The smallest absolute Gasteiger partial charge is 0.475 e. The Morgan fingerprint density at radius 2 is 1.68 bits per heavy atom. The van der Waals surface area contributed by atoms with E-state index in [-0.39, 0.29) is 17.8 Å². The SMILES string of the molecule is Cc1ccc(CN2CC[C@@H]3[C@@H]2CCN3C(=O)c2ccc(F)cc2)o1.O=C(O)C(F)(F)F. The van der Waals surface area contributed by atoms with Gasteiger partial charge >= 0.3 is 12.1 Å². The largest absolute Gasteiger partial charge is 0.490 e. The van der Waals surface area contributed by atoms with Gasteiger partial charge in [-0.1, -0.05) is 0 Å². The zero-order valence-electron chi connectivity index (χ0n) is 16.7. The molecule has 2 fully saturated rings. The second-order valence-electron chi connectivity index (χ2n) is 7.50. The summed E-state index contributed by atoms with van der Waals surface area (Å²) in [5.41, 5.74) is 0.567. The molecule has 2 aromatic rings. The lowest BCUT2D eigenvalue weighted by atomic mass is 10.1. The molecular weight excluding hydrogens is 420 g/mol. The van der Waals surface area contributed by atoms with E-state index < -0.39 is 12.1 Å². The van der Waals surface area contributed by atoms with Crippen molar-refractivity contribution >= 4 is 11.9 Å². The van der Waals surface area contributed by atoms with Gasteiger partial charge in [-0.3, -0.25) is 9.69 Å². The summed E-state index contributed by atoms with van der Waals surface area (Å²) in [5, 5.41) is 7.12. The molecule has 0 bridgehead atoms. The Kier molecular flexibility index (Phi) is 6.68. The molecule has 168 valence electrons. The number of benzene rings is 1. The third-order valence-electron chi connectivity index (χ3n) is 5.44. The van der Waals surface area contributed by atoms with Crippen LogP contribution in [-0.4, -0.2) is 58.1 Å². The number of amides is 1. The quantitative estimate of drug-likeness (QED) is 0.731. The van der Waals surface area contributed by atoms with Crippen LogP contribution < -0.4 is 0 Å². The highest BCUT2D eigenvalue weighted by Gasteiger charge is 2.44. The van der Waals surface area contributed by atoms with Gasteiger partial charge in [0, 0.05) is 30.7 Å². The molecule has 0 unspecified atom stereocenters. The normalized spacial score (nSPS) is 20.9. The van der Waals surface area contributed by atoms with E-state index in [9.17, 15) is 22.4 Å². The summed E-state index contributed by atoms with van der Waals surface area (Å²) in [6, 6.07) is 10.5. The van der Waals surface area contributed by atoms with Crippen molar-refractivity contribution in [1.29, 1.82) is 0 Å². The molecule has 1 aromatic heterocycles. The second-order valence-corrected chi connectivity index (χ2v) is 7.50. The fraction of sp³-hybridized carbons (Fsp3) is 0.429. The summed E-state index contributed by atoms with van der Waals surface area (Å²) in [4.78, 5) is 26.0. The Balaban J connectivity index is 0.000000339. The lowest BCUT2D eigenvalue weighted by molar-refractivity contribution is -0.192.